The van der Waals surface area contributed by atoms with Crippen LogP contribution < -0.4 is 0 Å². The largest absolute Gasteiger partial charge is 0.388 e. The van der Waals surface area contributed by atoms with Crippen molar-refractivity contribution in [1.82, 2.24) is 0 Å². The summed E-state index contributed by atoms with van der Waals surface area (Å²) in [7, 11) is 1.69. The lowest BCUT2D eigenvalue weighted by molar-refractivity contribution is 0.0508. The van der Waals surface area contributed by atoms with Crippen molar-refractivity contribution in [2.75, 3.05) is 13.7 Å². The zero-order valence-corrected chi connectivity index (χ0v) is 9.68. The highest BCUT2D eigenvalue weighted by atomic mass is 16.5. The van der Waals surface area contributed by atoms with Crippen LogP contribution in [-0.4, -0.2) is 18.8 Å². The van der Waals surface area contributed by atoms with Gasteiger partial charge in [-0.1, -0.05) is 44.2 Å². The molecular formula is C13H20O2. The van der Waals surface area contributed by atoms with E-state index in [9.17, 15) is 5.11 Å². The summed E-state index contributed by atoms with van der Waals surface area (Å²) in [6.45, 7) is 4.84. The van der Waals surface area contributed by atoms with Crippen LogP contribution in [0.4, 0.5) is 0 Å². The fourth-order valence-electron chi connectivity index (χ4n) is 1.68. The summed E-state index contributed by atoms with van der Waals surface area (Å²) in [5, 5.41) is 10.1. The summed E-state index contributed by atoms with van der Waals surface area (Å²) in [5.74, 6) is 0.553. The van der Waals surface area contributed by atoms with Gasteiger partial charge in [0.25, 0.3) is 0 Å². The molecule has 1 N–H and O–H groups in total. The Labute approximate surface area is 91.9 Å². The first kappa shape index (κ1) is 12.2. The van der Waals surface area contributed by atoms with Crippen LogP contribution in [0.15, 0.2) is 30.3 Å². The number of methoxy groups -OCH3 is 1. The van der Waals surface area contributed by atoms with E-state index in [1.165, 1.54) is 0 Å². The first-order valence-electron chi connectivity index (χ1n) is 5.38. The number of aliphatic hydroxyl groups excluding tert-OH is 1. The summed E-state index contributed by atoms with van der Waals surface area (Å²) in [6, 6.07) is 9.78. The maximum atomic E-state index is 10.1. The maximum Gasteiger partial charge on any atom is 0.0818 e. The van der Waals surface area contributed by atoms with Crippen LogP contribution in [0.3, 0.4) is 0 Å². The molecule has 0 bridgehead atoms. The predicted octanol–water partition coefficient (Wildman–Crippen LogP) is 2.64. The molecule has 0 aliphatic rings. The molecule has 1 aromatic rings. The van der Waals surface area contributed by atoms with Crippen LogP contribution in [-0.2, 0) is 4.74 Å². The van der Waals surface area contributed by atoms with Gasteiger partial charge in [-0.2, -0.15) is 0 Å². The highest BCUT2D eigenvalue weighted by molar-refractivity contribution is 5.17. The lowest BCUT2D eigenvalue weighted by atomic mass is 9.87. The Kier molecular flexibility index (Phi) is 4.79. The van der Waals surface area contributed by atoms with Crippen molar-refractivity contribution in [3.63, 3.8) is 0 Å². The van der Waals surface area contributed by atoms with E-state index in [2.05, 4.69) is 13.8 Å². The van der Waals surface area contributed by atoms with E-state index < -0.39 is 6.10 Å². The highest BCUT2D eigenvalue weighted by Gasteiger charge is 2.21. The number of ether oxygens (including phenoxy) is 1. The van der Waals surface area contributed by atoms with Gasteiger partial charge in [0.2, 0.25) is 0 Å². The zero-order chi connectivity index (χ0) is 11.3. The van der Waals surface area contributed by atoms with E-state index in [1.807, 2.05) is 30.3 Å². The van der Waals surface area contributed by atoms with Gasteiger partial charge in [-0.05, 0) is 17.4 Å². The minimum atomic E-state index is -0.406. The second-order valence-electron chi connectivity index (χ2n) is 4.15. The second-order valence-corrected chi connectivity index (χ2v) is 4.15. The predicted molar refractivity (Wildman–Crippen MR) is 61.6 cm³/mol. The smallest absolute Gasteiger partial charge is 0.0818 e. The van der Waals surface area contributed by atoms with Gasteiger partial charge < -0.3 is 9.84 Å². The molecule has 2 heteroatoms. The van der Waals surface area contributed by atoms with Gasteiger partial charge in [0.05, 0.1) is 6.10 Å². The van der Waals surface area contributed by atoms with Crippen LogP contribution in [0.1, 0.15) is 25.5 Å². The first-order chi connectivity index (χ1) is 7.16. The molecule has 0 aliphatic heterocycles. The average molecular weight is 208 g/mol. The quantitative estimate of drug-likeness (QED) is 0.806. The average Bonchev–Trinajstić information content (AvgIpc) is 2.28. The molecule has 3 atom stereocenters. The van der Waals surface area contributed by atoms with Crippen molar-refractivity contribution in [2.24, 2.45) is 11.8 Å². The lowest BCUT2D eigenvalue weighted by Crippen LogP contribution is -2.20. The van der Waals surface area contributed by atoms with Crippen LogP contribution in [0.5, 0.6) is 0 Å². The van der Waals surface area contributed by atoms with Gasteiger partial charge in [0.15, 0.2) is 0 Å². The minimum Gasteiger partial charge on any atom is -0.388 e. The summed E-state index contributed by atoms with van der Waals surface area (Å²) in [5.41, 5.74) is 0.980. The summed E-state index contributed by atoms with van der Waals surface area (Å²) in [4.78, 5) is 0. The monoisotopic (exact) mass is 208 g/mol. The maximum absolute atomic E-state index is 10.1. The number of benzene rings is 1. The number of hydrogen-bond acceptors (Lipinski definition) is 2. The van der Waals surface area contributed by atoms with Crippen LogP contribution in [0, 0.1) is 11.8 Å². The molecule has 0 saturated carbocycles. The fourth-order valence-corrected chi connectivity index (χ4v) is 1.68. The molecule has 0 fully saturated rings. The van der Waals surface area contributed by atoms with Crippen molar-refractivity contribution >= 4 is 0 Å². The van der Waals surface area contributed by atoms with E-state index >= 15 is 0 Å². The number of hydrogen-bond donors (Lipinski definition) is 1. The van der Waals surface area contributed by atoms with E-state index in [0.29, 0.717) is 12.5 Å². The standard InChI is InChI=1S/C13H20O2/c1-10(9-15-3)11(2)13(14)12-7-5-4-6-8-12/h4-8,10-11,13-14H,9H2,1-3H3. The van der Waals surface area contributed by atoms with Gasteiger partial charge in [0.1, 0.15) is 0 Å². The van der Waals surface area contributed by atoms with Crippen molar-refractivity contribution < 1.29 is 9.84 Å². The van der Waals surface area contributed by atoms with Gasteiger partial charge in [-0.15, -0.1) is 0 Å². The van der Waals surface area contributed by atoms with Crippen molar-refractivity contribution in [1.29, 1.82) is 0 Å². The Balaban J connectivity index is 2.64. The van der Waals surface area contributed by atoms with E-state index in [1.54, 1.807) is 7.11 Å². The molecular weight excluding hydrogens is 188 g/mol. The van der Waals surface area contributed by atoms with Gasteiger partial charge in [-0.25, -0.2) is 0 Å². The van der Waals surface area contributed by atoms with Crippen molar-refractivity contribution in [3.8, 4) is 0 Å². The topological polar surface area (TPSA) is 29.5 Å². The summed E-state index contributed by atoms with van der Waals surface area (Å²) < 4.78 is 5.10. The third-order valence-corrected chi connectivity index (χ3v) is 2.97. The van der Waals surface area contributed by atoms with E-state index in [4.69, 9.17) is 4.74 Å². The fraction of sp³-hybridized carbons (Fsp3) is 0.538. The summed E-state index contributed by atoms with van der Waals surface area (Å²) in [6.07, 6.45) is -0.406. The molecule has 0 spiro atoms. The van der Waals surface area contributed by atoms with Crippen molar-refractivity contribution in [2.45, 2.75) is 20.0 Å². The minimum absolute atomic E-state index is 0.201. The normalized spacial score (nSPS) is 17.1. The van der Waals surface area contributed by atoms with Gasteiger partial charge >= 0.3 is 0 Å². The molecule has 1 rings (SSSR count). The Bertz CT molecular complexity index is 271. The van der Waals surface area contributed by atoms with Crippen LogP contribution in [0.2, 0.25) is 0 Å². The molecule has 0 aliphatic carbocycles. The lowest BCUT2D eigenvalue weighted by Gasteiger charge is -2.24. The molecule has 0 amide bonds. The SMILES string of the molecule is COCC(C)C(C)C(O)c1ccccc1. The van der Waals surface area contributed by atoms with E-state index in [0.717, 1.165) is 5.56 Å². The molecule has 2 nitrogen and oxygen atoms in total. The Morgan fingerprint density at radius 3 is 2.33 bits per heavy atom. The van der Waals surface area contributed by atoms with Crippen molar-refractivity contribution in [3.05, 3.63) is 35.9 Å². The third kappa shape index (κ3) is 3.33. The molecule has 84 valence electrons. The zero-order valence-electron chi connectivity index (χ0n) is 9.68. The second kappa shape index (κ2) is 5.89. The van der Waals surface area contributed by atoms with E-state index in [-0.39, 0.29) is 5.92 Å². The molecule has 0 radical (unpaired) electrons. The molecule has 1 aromatic carbocycles. The molecule has 0 aromatic heterocycles. The molecule has 0 heterocycles. The third-order valence-electron chi connectivity index (χ3n) is 2.97. The Morgan fingerprint density at radius 1 is 1.20 bits per heavy atom. The number of rotatable bonds is 5. The molecule has 15 heavy (non-hydrogen) atoms. The molecule has 0 saturated heterocycles. The Hall–Kier alpha value is -0.860. The Morgan fingerprint density at radius 2 is 1.80 bits per heavy atom. The first-order valence-corrected chi connectivity index (χ1v) is 5.38. The van der Waals surface area contributed by atoms with Gasteiger partial charge in [0, 0.05) is 13.7 Å². The molecule has 3 unspecified atom stereocenters. The van der Waals surface area contributed by atoms with Crippen LogP contribution >= 0.6 is 0 Å². The highest BCUT2D eigenvalue weighted by Crippen LogP contribution is 2.27. The number of aliphatic hydroxyl groups is 1. The van der Waals surface area contributed by atoms with Crippen LogP contribution in [0.25, 0.3) is 0 Å². The van der Waals surface area contributed by atoms with Gasteiger partial charge in [-0.3, -0.25) is 0 Å². The summed E-state index contributed by atoms with van der Waals surface area (Å²) >= 11 is 0.